The zero-order chi connectivity index (χ0) is 10.8. The first-order chi connectivity index (χ1) is 6.47. The Hall–Kier alpha value is -0.970. The first-order valence-electron chi connectivity index (χ1n) is 3.76. The fourth-order valence-corrected chi connectivity index (χ4v) is 1.18. The number of hydrogen-bond acceptors (Lipinski definition) is 2. The van der Waals surface area contributed by atoms with Gasteiger partial charge in [-0.1, -0.05) is 23.8 Å². The number of benzene rings is 1. The second-order valence-corrected chi connectivity index (χ2v) is 3.46. The lowest BCUT2D eigenvalue weighted by Crippen LogP contribution is -2.23. The molecule has 0 saturated carbocycles. The van der Waals surface area contributed by atoms with E-state index in [1.165, 1.54) is 18.2 Å². The van der Waals surface area contributed by atoms with Crippen LogP contribution in [0.25, 0.3) is 0 Å². The van der Waals surface area contributed by atoms with Gasteiger partial charge in [-0.15, -0.1) is 0 Å². The molecule has 0 amide bonds. The lowest BCUT2D eigenvalue weighted by atomic mass is 10.1. The lowest BCUT2D eigenvalue weighted by molar-refractivity contribution is 0.0557. The summed E-state index contributed by atoms with van der Waals surface area (Å²) in [4.78, 5) is 11.0. The van der Waals surface area contributed by atoms with Crippen LogP contribution in [0.2, 0.25) is 0 Å². The molecule has 1 nitrogen and oxygen atoms in total. The minimum atomic E-state index is -3.99. The molecule has 0 unspecified atom stereocenters. The summed E-state index contributed by atoms with van der Waals surface area (Å²) in [7, 11) is 0. The molecule has 76 valence electrons. The van der Waals surface area contributed by atoms with Crippen molar-refractivity contribution in [1.29, 1.82) is 0 Å². The number of hydrogen-bond donors (Lipinski definition) is 0. The van der Waals surface area contributed by atoms with Gasteiger partial charge in [0.05, 0.1) is 0 Å². The van der Waals surface area contributed by atoms with E-state index in [0.29, 0.717) is 5.56 Å². The van der Waals surface area contributed by atoms with E-state index in [1.807, 2.05) is 0 Å². The predicted octanol–water partition coefficient (Wildman–Crippen LogP) is 3.39. The molecular formula is C9H7F3OS. The fraction of sp³-hybridized carbons (Fsp3) is 0.222. The molecule has 0 bridgehead atoms. The monoisotopic (exact) mass is 220 g/mol. The van der Waals surface area contributed by atoms with Crippen molar-refractivity contribution >= 4 is 17.9 Å². The fourth-order valence-electron chi connectivity index (χ4n) is 0.989. The average molecular weight is 220 g/mol. The van der Waals surface area contributed by atoms with Crippen LogP contribution in [-0.2, 0) is 0 Å². The van der Waals surface area contributed by atoms with Crippen molar-refractivity contribution in [1.82, 2.24) is 0 Å². The SMILES string of the molecule is Cc1cccc(C(=O)C(F)(F)SF)c1. The molecule has 0 radical (unpaired) electrons. The van der Waals surface area contributed by atoms with Gasteiger partial charge >= 0.3 is 5.25 Å². The van der Waals surface area contributed by atoms with Gasteiger partial charge in [0.2, 0.25) is 5.78 Å². The summed E-state index contributed by atoms with van der Waals surface area (Å²) in [6.07, 6.45) is 0. The molecule has 0 spiro atoms. The number of carbonyl (C=O) groups excluding carboxylic acids is 1. The molecule has 1 aromatic carbocycles. The van der Waals surface area contributed by atoms with Gasteiger partial charge in [0.25, 0.3) is 0 Å². The third-order valence-corrected chi connectivity index (χ3v) is 2.02. The van der Waals surface area contributed by atoms with Crippen LogP contribution in [0.4, 0.5) is 12.7 Å². The van der Waals surface area contributed by atoms with E-state index in [9.17, 15) is 17.5 Å². The van der Waals surface area contributed by atoms with Gasteiger partial charge in [-0.05, 0) is 13.0 Å². The molecule has 0 aliphatic carbocycles. The highest BCUT2D eigenvalue weighted by Gasteiger charge is 2.41. The summed E-state index contributed by atoms with van der Waals surface area (Å²) in [6.45, 7) is 1.66. The van der Waals surface area contributed by atoms with E-state index in [1.54, 1.807) is 13.0 Å². The molecule has 1 rings (SSSR count). The zero-order valence-electron chi connectivity index (χ0n) is 7.26. The van der Waals surface area contributed by atoms with E-state index < -0.39 is 23.2 Å². The maximum absolute atomic E-state index is 12.6. The van der Waals surface area contributed by atoms with Crippen LogP contribution in [0.5, 0.6) is 0 Å². The van der Waals surface area contributed by atoms with Crippen LogP contribution < -0.4 is 0 Å². The number of alkyl halides is 2. The summed E-state index contributed by atoms with van der Waals surface area (Å²) in [5, 5.41) is -3.99. The minimum Gasteiger partial charge on any atom is -0.286 e. The van der Waals surface area contributed by atoms with Gasteiger partial charge in [-0.3, -0.25) is 4.79 Å². The summed E-state index contributed by atoms with van der Waals surface area (Å²) < 4.78 is 37.0. The summed E-state index contributed by atoms with van der Waals surface area (Å²) >= 11 is -1.25. The Morgan fingerprint density at radius 3 is 2.57 bits per heavy atom. The Morgan fingerprint density at radius 2 is 2.07 bits per heavy atom. The maximum Gasteiger partial charge on any atom is 0.384 e. The normalized spacial score (nSPS) is 11.4. The summed E-state index contributed by atoms with van der Waals surface area (Å²) in [5.74, 6) is -1.51. The number of halogens is 3. The van der Waals surface area contributed by atoms with Gasteiger partial charge in [-0.2, -0.15) is 12.7 Å². The third kappa shape index (κ3) is 2.29. The topological polar surface area (TPSA) is 17.1 Å². The van der Waals surface area contributed by atoms with Crippen LogP contribution in [0.3, 0.4) is 0 Å². The molecule has 5 heteroatoms. The van der Waals surface area contributed by atoms with Gasteiger partial charge in [0.1, 0.15) is 12.1 Å². The van der Waals surface area contributed by atoms with Crippen molar-refractivity contribution in [3.63, 3.8) is 0 Å². The van der Waals surface area contributed by atoms with Crippen LogP contribution in [0.15, 0.2) is 24.3 Å². The van der Waals surface area contributed by atoms with Gasteiger partial charge in [0, 0.05) is 5.56 Å². The average Bonchev–Trinajstić information content (AvgIpc) is 2.16. The molecule has 0 saturated heterocycles. The van der Waals surface area contributed by atoms with Crippen molar-refractivity contribution in [3.05, 3.63) is 35.4 Å². The van der Waals surface area contributed by atoms with E-state index >= 15 is 0 Å². The Morgan fingerprint density at radius 1 is 1.43 bits per heavy atom. The van der Waals surface area contributed by atoms with Gasteiger partial charge in [0.15, 0.2) is 0 Å². The van der Waals surface area contributed by atoms with Crippen LogP contribution in [0.1, 0.15) is 15.9 Å². The number of aryl methyl sites for hydroxylation is 1. The first-order valence-corrected chi connectivity index (χ1v) is 4.48. The molecule has 0 aliphatic rings. The number of Topliss-reactive ketones (excluding diaryl/α,β-unsaturated/α-hetero) is 1. The van der Waals surface area contributed by atoms with E-state index in [2.05, 4.69) is 0 Å². The van der Waals surface area contributed by atoms with Gasteiger partial charge < -0.3 is 0 Å². The molecular weight excluding hydrogens is 213 g/mol. The molecule has 0 atom stereocenters. The Bertz CT molecular complexity index is 352. The molecule has 0 aliphatic heterocycles. The van der Waals surface area contributed by atoms with Crippen molar-refractivity contribution in [3.8, 4) is 0 Å². The molecule has 0 heterocycles. The number of rotatable bonds is 3. The standard InChI is InChI=1S/C9H7F3OS/c1-6-3-2-4-7(5-6)8(13)9(10,11)14-12/h2-5H,1H3. The van der Waals surface area contributed by atoms with Gasteiger partial charge in [-0.25, -0.2) is 0 Å². The predicted molar refractivity (Wildman–Crippen MR) is 49.2 cm³/mol. The second kappa shape index (κ2) is 4.04. The first kappa shape index (κ1) is 11.1. The van der Waals surface area contributed by atoms with Crippen LogP contribution in [0, 0.1) is 6.92 Å². The van der Waals surface area contributed by atoms with Crippen molar-refractivity contribution in [2.75, 3.05) is 0 Å². The quantitative estimate of drug-likeness (QED) is 0.726. The van der Waals surface area contributed by atoms with E-state index in [0.717, 1.165) is 0 Å². The Labute approximate surface area is 83.6 Å². The minimum absolute atomic E-state index is 0.180. The Kier molecular flexibility index (Phi) is 3.21. The number of carbonyl (C=O) groups is 1. The largest absolute Gasteiger partial charge is 0.384 e. The summed E-state index contributed by atoms with van der Waals surface area (Å²) in [5.41, 5.74) is 0.496. The highest BCUT2D eigenvalue weighted by atomic mass is 32.2. The van der Waals surface area contributed by atoms with Crippen LogP contribution >= 0.6 is 12.1 Å². The van der Waals surface area contributed by atoms with Crippen molar-refractivity contribution < 1.29 is 17.5 Å². The van der Waals surface area contributed by atoms with E-state index in [4.69, 9.17) is 0 Å². The Balaban J connectivity index is 3.01. The molecule has 14 heavy (non-hydrogen) atoms. The smallest absolute Gasteiger partial charge is 0.286 e. The number of ketones is 1. The molecule has 0 fully saturated rings. The lowest BCUT2D eigenvalue weighted by Gasteiger charge is -2.08. The van der Waals surface area contributed by atoms with Crippen LogP contribution in [-0.4, -0.2) is 11.0 Å². The molecule has 0 N–H and O–H groups in total. The zero-order valence-corrected chi connectivity index (χ0v) is 8.08. The highest BCUT2D eigenvalue weighted by molar-refractivity contribution is 7.96. The van der Waals surface area contributed by atoms with Crippen molar-refractivity contribution in [2.24, 2.45) is 0 Å². The third-order valence-electron chi connectivity index (χ3n) is 1.64. The molecule has 0 aromatic heterocycles. The summed E-state index contributed by atoms with van der Waals surface area (Å²) in [6, 6.07) is 5.67. The highest BCUT2D eigenvalue weighted by Crippen LogP contribution is 2.33. The maximum atomic E-state index is 12.6. The molecule has 1 aromatic rings. The second-order valence-electron chi connectivity index (χ2n) is 2.79. The van der Waals surface area contributed by atoms with E-state index in [-0.39, 0.29) is 5.56 Å². The van der Waals surface area contributed by atoms with Crippen molar-refractivity contribution in [2.45, 2.75) is 12.2 Å².